The van der Waals surface area contributed by atoms with E-state index < -0.39 is 0 Å². The predicted octanol–water partition coefficient (Wildman–Crippen LogP) is 6.60. The number of unbranched alkanes of at least 4 members (excludes halogenated alkanes) is 5. The van der Waals surface area contributed by atoms with Crippen LogP contribution < -0.4 is 9.47 Å². The minimum absolute atomic E-state index is 0.813. The van der Waals surface area contributed by atoms with Crippen molar-refractivity contribution < 1.29 is 9.47 Å². The zero-order valence-electron chi connectivity index (χ0n) is 15.5. The van der Waals surface area contributed by atoms with Crippen LogP contribution in [-0.4, -0.2) is 13.7 Å². The second-order valence-corrected chi connectivity index (χ2v) is 6.29. The zero-order chi connectivity index (χ0) is 17.7. The van der Waals surface area contributed by atoms with Crippen molar-refractivity contribution in [3.05, 3.63) is 59.7 Å². The van der Waals surface area contributed by atoms with Crippen LogP contribution in [0.3, 0.4) is 0 Å². The fourth-order valence-electron chi connectivity index (χ4n) is 2.66. The lowest BCUT2D eigenvalue weighted by atomic mass is 10.1. The number of methoxy groups -OCH3 is 1. The van der Waals surface area contributed by atoms with Gasteiger partial charge in [-0.15, -0.1) is 0 Å². The van der Waals surface area contributed by atoms with Gasteiger partial charge in [0.25, 0.3) is 0 Å². The predicted molar refractivity (Wildman–Crippen MR) is 107 cm³/mol. The van der Waals surface area contributed by atoms with Crippen molar-refractivity contribution in [3.8, 4) is 11.5 Å². The van der Waals surface area contributed by atoms with Crippen LogP contribution in [0.15, 0.2) is 48.5 Å². The highest BCUT2D eigenvalue weighted by molar-refractivity contribution is 5.70. The van der Waals surface area contributed by atoms with Crippen molar-refractivity contribution in [2.75, 3.05) is 13.7 Å². The SMILES string of the molecule is CCCCCCCCOc1ccc(/C=C/c2ccc(OC)cc2)cc1. The minimum atomic E-state index is 0.813. The lowest BCUT2D eigenvalue weighted by molar-refractivity contribution is 0.304. The molecule has 0 unspecified atom stereocenters. The molecule has 2 rings (SSSR count). The fraction of sp³-hybridized carbons (Fsp3) is 0.391. The van der Waals surface area contributed by atoms with Crippen molar-refractivity contribution in [1.29, 1.82) is 0 Å². The molecule has 2 nitrogen and oxygen atoms in total. The number of ether oxygens (including phenoxy) is 2. The molecule has 0 heterocycles. The molecule has 0 bridgehead atoms. The third-order valence-electron chi connectivity index (χ3n) is 4.23. The number of benzene rings is 2. The summed E-state index contributed by atoms with van der Waals surface area (Å²) in [6, 6.07) is 16.3. The van der Waals surface area contributed by atoms with Gasteiger partial charge in [0.05, 0.1) is 13.7 Å². The third-order valence-corrected chi connectivity index (χ3v) is 4.23. The lowest BCUT2D eigenvalue weighted by Gasteiger charge is -2.06. The van der Waals surface area contributed by atoms with Gasteiger partial charge in [-0.1, -0.05) is 75.4 Å². The first kappa shape index (κ1) is 19.1. The maximum atomic E-state index is 5.82. The van der Waals surface area contributed by atoms with Gasteiger partial charge < -0.3 is 9.47 Å². The summed E-state index contributed by atoms with van der Waals surface area (Å²) >= 11 is 0. The Morgan fingerprint density at radius 2 is 1.20 bits per heavy atom. The smallest absolute Gasteiger partial charge is 0.119 e. The molecule has 2 aromatic rings. The molecule has 0 radical (unpaired) electrons. The first-order valence-electron chi connectivity index (χ1n) is 9.37. The summed E-state index contributed by atoms with van der Waals surface area (Å²) < 4.78 is 11.0. The Kier molecular flexibility index (Phi) is 8.68. The molecule has 0 atom stereocenters. The van der Waals surface area contributed by atoms with Crippen LogP contribution in [0.2, 0.25) is 0 Å². The van der Waals surface area contributed by atoms with Gasteiger partial charge in [-0.25, -0.2) is 0 Å². The van der Waals surface area contributed by atoms with Gasteiger partial charge in [0.1, 0.15) is 11.5 Å². The summed E-state index contributed by atoms with van der Waals surface area (Å²) in [6.07, 6.45) is 12.0. The van der Waals surface area contributed by atoms with Crippen molar-refractivity contribution in [2.45, 2.75) is 45.4 Å². The molecule has 0 aromatic heterocycles. The topological polar surface area (TPSA) is 18.5 Å². The summed E-state index contributed by atoms with van der Waals surface area (Å²) in [6.45, 7) is 3.06. The Morgan fingerprint density at radius 1 is 0.680 bits per heavy atom. The molecule has 0 N–H and O–H groups in total. The van der Waals surface area contributed by atoms with Crippen molar-refractivity contribution in [3.63, 3.8) is 0 Å². The van der Waals surface area contributed by atoms with Crippen LogP contribution in [0, 0.1) is 0 Å². The standard InChI is InChI=1S/C23H30O2/c1-3-4-5-6-7-8-19-25-23-17-13-21(14-18-23)10-9-20-11-15-22(24-2)16-12-20/h9-18H,3-8,19H2,1-2H3/b10-9+. The van der Waals surface area contributed by atoms with Crippen LogP contribution >= 0.6 is 0 Å². The van der Waals surface area contributed by atoms with E-state index in [-0.39, 0.29) is 0 Å². The average molecular weight is 338 g/mol. The van der Waals surface area contributed by atoms with Crippen LogP contribution in [0.1, 0.15) is 56.6 Å². The summed E-state index contributed by atoms with van der Waals surface area (Å²) in [5.41, 5.74) is 2.33. The van der Waals surface area contributed by atoms with Crippen LogP contribution in [-0.2, 0) is 0 Å². The average Bonchev–Trinajstić information content (AvgIpc) is 2.67. The van der Waals surface area contributed by atoms with Crippen LogP contribution in [0.5, 0.6) is 11.5 Å². The quantitative estimate of drug-likeness (QED) is 0.339. The van der Waals surface area contributed by atoms with E-state index in [1.807, 2.05) is 36.4 Å². The van der Waals surface area contributed by atoms with E-state index in [0.29, 0.717) is 0 Å². The molecule has 0 fully saturated rings. The normalized spacial score (nSPS) is 11.0. The highest BCUT2D eigenvalue weighted by Gasteiger charge is 1.95. The number of hydrogen-bond acceptors (Lipinski definition) is 2. The Balaban J connectivity index is 1.72. The molecule has 25 heavy (non-hydrogen) atoms. The van der Waals surface area contributed by atoms with Gasteiger partial charge >= 0.3 is 0 Å². The Hall–Kier alpha value is -2.22. The van der Waals surface area contributed by atoms with E-state index >= 15 is 0 Å². The van der Waals surface area contributed by atoms with Gasteiger partial charge in [0.2, 0.25) is 0 Å². The van der Waals surface area contributed by atoms with E-state index in [4.69, 9.17) is 9.47 Å². The molecule has 0 aliphatic heterocycles. The molecule has 0 aliphatic rings. The van der Waals surface area contributed by atoms with E-state index in [1.165, 1.54) is 37.7 Å². The molecular weight excluding hydrogens is 308 g/mol. The number of hydrogen-bond donors (Lipinski definition) is 0. The van der Waals surface area contributed by atoms with Crippen molar-refractivity contribution in [1.82, 2.24) is 0 Å². The molecule has 2 aromatic carbocycles. The summed E-state index contributed by atoms with van der Waals surface area (Å²) in [5, 5.41) is 0. The fourth-order valence-corrected chi connectivity index (χ4v) is 2.66. The molecule has 0 amide bonds. The number of rotatable bonds is 11. The van der Waals surface area contributed by atoms with Gasteiger partial charge in [0, 0.05) is 0 Å². The summed E-state index contributed by atoms with van der Waals surface area (Å²) in [4.78, 5) is 0. The molecule has 0 aliphatic carbocycles. The largest absolute Gasteiger partial charge is 0.497 e. The molecule has 0 spiro atoms. The Morgan fingerprint density at radius 3 is 1.76 bits per heavy atom. The molecule has 134 valence electrons. The van der Waals surface area contributed by atoms with Crippen molar-refractivity contribution >= 4 is 12.2 Å². The van der Waals surface area contributed by atoms with Crippen molar-refractivity contribution in [2.24, 2.45) is 0 Å². The second-order valence-electron chi connectivity index (χ2n) is 6.29. The third kappa shape index (κ3) is 7.47. The summed E-state index contributed by atoms with van der Waals surface area (Å²) in [7, 11) is 1.68. The monoisotopic (exact) mass is 338 g/mol. The van der Waals surface area contributed by atoms with Crippen LogP contribution in [0.25, 0.3) is 12.2 Å². The van der Waals surface area contributed by atoms with Crippen LogP contribution in [0.4, 0.5) is 0 Å². The Bertz CT molecular complexity index is 612. The zero-order valence-corrected chi connectivity index (χ0v) is 15.5. The first-order chi connectivity index (χ1) is 12.3. The summed E-state index contributed by atoms with van der Waals surface area (Å²) in [5.74, 6) is 1.83. The van der Waals surface area contributed by atoms with Gasteiger partial charge in [-0.2, -0.15) is 0 Å². The molecule has 0 saturated heterocycles. The second kappa shape index (κ2) is 11.4. The van der Waals surface area contributed by atoms with E-state index in [1.54, 1.807) is 7.11 Å². The van der Waals surface area contributed by atoms with Gasteiger partial charge in [-0.3, -0.25) is 0 Å². The first-order valence-corrected chi connectivity index (χ1v) is 9.37. The Labute approximate surface area is 152 Å². The van der Waals surface area contributed by atoms with Gasteiger partial charge in [-0.05, 0) is 41.8 Å². The lowest BCUT2D eigenvalue weighted by Crippen LogP contribution is -1.97. The molecule has 2 heteroatoms. The minimum Gasteiger partial charge on any atom is -0.497 e. The highest BCUT2D eigenvalue weighted by Crippen LogP contribution is 2.17. The molecular formula is C23H30O2. The maximum absolute atomic E-state index is 5.82. The maximum Gasteiger partial charge on any atom is 0.119 e. The molecule has 0 saturated carbocycles. The highest BCUT2D eigenvalue weighted by atomic mass is 16.5. The van der Waals surface area contributed by atoms with E-state index in [9.17, 15) is 0 Å². The van der Waals surface area contributed by atoms with E-state index in [2.05, 4.69) is 31.2 Å². The van der Waals surface area contributed by atoms with E-state index in [0.717, 1.165) is 30.1 Å². The van der Waals surface area contributed by atoms with Gasteiger partial charge in [0.15, 0.2) is 0 Å².